The van der Waals surface area contributed by atoms with Crippen molar-refractivity contribution in [3.05, 3.63) is 93.4 Å². The average Bonchev–Trinajstić information content (AvgIpc) is 3.30. The van der Waals surface area contributed by atoms with E-state index in [4.69, 9.17) is 4.74 Å². The van der Waals surface area contributed by atoms with Gasteiger partial charge >= 0.3 is 0 Å². The zero-order valence-electron chi connectivity index (χ0n) is 17.3. The van der Waals surface area contributed by atoms with Crippen LogP contribution < -0.4 is 5.56 Å². The van der Waals surface area contributed by atoms with E-state index in [9.17, 15) is 22.8 Å². The smallest absolute Gasteiger partial charge is 0.257 e. The predicted molar refractivity (Wildman–Crippen MR) is 112 cm³/mol. The van der Waals surface area contributed by atoms with Crippen LogP contribution >= 0.6 is 0 Å². The molecule has 168 valence electrons. The van der Waals surface area contributed by atoms with Gasteiger partial charge in [0.05, 0.1) is 42.1 Å². The van der Waals surface area contributed by atoms with Crippen LogP contribution in [-0.2, 0) is 11.3 Å². The predicted octanol–water partition coefficient (Wildman–Crippen LogP) is 3.47. The molecule has 0 bridgehead atoms. The summed E-state index contributed by atoms with van der Waals surface area (Å²) in [6, 6.07) is 6.79. The first-order chi connectivity index (χ1) is 15.8. The minimum absolute atomic E-state index is 0.00970. The van der Waals surface area contributed by atoms with Gasteiger partial charge in [-0.05, 0) is 41.8 Å². The van der Waals surface area contributed by atoms with Crippen molar-refractivity contribution >= 4 is 16.7 Å². The number of hydrogen-bond donors (Lipinski definition) is 1. The molecule has 33 heavy (non-hydrogen) atoms. The van der Waals surface area contributed by atoms with Crippen molar-refractivity contribution in [2.45, 2.75) is 12.6 Å². The van der Waals surface area contributed by atoms with Gasteiger partial charge in [0.25, 0.3) is 11.5 Å². The van der Waals surface area contributed by atoms with Crippen LogP contribution in [0.3, 0.4) is 0 Å². The number of benzene rings is 2. The second-order valence-electron chi connectivity index (χ2n) is 7.76. The number of carbonyl (C=O) groups is 1. The van der Waals surface area contributed by atoms with E-state index in [0.29, 0.717) is 16.9 Å². The van der Waals surface area contributed by atoms with Crippen molar-refractivity contribution in [2.24, 2.45) is 0 Å². The molecule has 1 aliphatic heterocycles. The number of ether oxygens (including phenoxy) is 1. The summed E-state index contributed by atoms with van der Waals surface area (Å²) < 4.78 is 48.0. The van der Waals surface area contributed by atoms with Crippen LogP contribution in [0.1, 0.15) is 27.7 Å². The number of H-pyrrole nitrogens is 1. The quantitative estimate of drug-likeness (QED) is 0.514. The SMILES string of the molecule is CN(C(=O)c1cnn(-c2ccc(F)cc2)c1)C1COCc2[nH]c(=O)c3cc(F)c(F)cc3c21. The summed E-state index contributed by atoms with van der Waals surface area (Å²) >= 11 is 0. The maximum atomic E-state index is 14.1. The largest absolute Gasteiger partial charge is 0.373 e. The summed E-state index contributed by atoms with van der Waals surface area (Å²) in [6.45, 7) is 0.169. The Morgan fingerprint density at radius 1 is 1.15 bits per heavy atom. The van der Waals surface area contributed by atoms with E-state index in [1.807, 2.05) is 0 Å². The maximum absolute atomic E-state index is 14.1. The molecule has 4 aromatic rings. The summed E-state index contributed by atoms with van der Waals surface area (Å²) in [5, 5.41) is 4.38. The molecule has 0 aliphatic carbocycles. The van der Waals surface area contributed by atoms with E-state index in [1.54, 1.807) is 7.05 Å². The van der Waals surface area contributed by atoms with Crippen LogP contribution in [0.25, 0.3) is 16.5 Å². The van der Waals surface area contributed by atoms with Gasteiger partial charge in [-0.25, -0.2) is 17.9 Å². The molecule has 0 saturated carbocycles. The van der Waals surface area contributed by atoms with Crippen molar-refractivity contribution in [2.75, 3.05) is 13.7 Å². The van der Waals surface area contributed by atoms with Gasteiger partial charge in [0.15, 0.2) is 11.6 Å². The van der Waals surface area contributed by atoms with Gasteiger partial charge in [0.2, 0.25) is 0 Å². The van der Waals surface area contributed by atoms with Crippen LogP contribution in [0.2, 0.25) is 0 Å². The van der Waals surface area contributed by atoms with Gasteiger partial charge < -0.3 is 14.6 Å². The lowest BCUT2D eigenvalue weighted by molar-refractivity contribution is 0.0335. The second-order valence-corrected chi connectivity index (χ2v) is 7.76. The average molecular weight is 454 g/mol. The number of halogens is 3. The third kappa shape index (κ3) is 3.58. The molecule has 0 saturated heterocycles. The molecule has 1 N–H and O–H groups in total. The van der Waals surface area contributed by atoms with Crippen LogP contribution in [-0.4, -0.2) is 39.2 Å². The normalized spacial score (nSPS) is 15.5. The molecule has 3 heterocycles. The van der Waals surface area contributed by atoms with Crippen molar-refractivity contribution in [1.29, 1.82) is 0 Å². The summed E-state index contributed by atoms with van der Waals surface area (Å²) in [7, 11) is 1.55. The minimum Gasteiger partial charge on any atom is -0.373 e. The number of rotatable bonds is 3. The monoisotopic (exact) mass is 454 g/mol. The Labute approximate surface area is 185 Å². The number of fused-ring (bicyclic) bond motifs is 3. The molecule has 5 rings (SSSR count). The first-order valence-corrected chi connectivity index (χ1v) is 10.0. The number of aromatic nitrogens is 3. The number of likely N-dealkylation sites (N-methyl/N-ethyl adjacent to an activating group) is 1. The molecular formula is C23H17F3N4O3. The summed E-state index contributed by atoms with van der Waals surface area (Å²) in [5.41, 5.74) is 1.17. The Balaban J connectivity index is 1.53. The van der Waals surface area contributed by atoms with E-state index in [1.165, 1.54) is 46.2 Å². The van der Waals surface area contributed by atoms with Crippen molar-refractivity contribution < 1.29 is 22.7 Å². The van der Waals surface area contributed by atoms with Gasteiger partial charge in [-0.15, -0.1) is 0 Å². The molecule has 7 nitrogen and oxygen atoms in total. The van der Waals surface area contributed by atoms with Gasteiger partial charge in [-0.1, -0.05) is 0 Å². The van der Waals surface area contributed by atoms with Gasteiger partial charge in [-0.2, -0.15) is 5.10 Å². The number of nitrogens with zero attached hydrogens (tertiary/aromatic N) is 3. The van der Waals surface area contributed by atoms with E-state index in [-0.39, 0.29) is 35.4 Å². The first kappa shape index (κ1) is 21.0. The molecule has 2 aromatic heterocycles. The molecule has 1 aliphatic rings. The van der Waals surface area contributed by atoms with E-state index < -0.39 is 29.1 Å². The number of amides is 1. The lowest BCUT2D eigenvalue weighted by Gasteiger charge is -2.33. The zero-order chi connectivity index (χ0) is 23.3. The number of carbonyl (C=O) groups excluding carboxylic acids is 1. The molecule has 1 amide bonds. The first-order valence-electron chi connectivity index (χ1n) is 10.0. The Bertz CT molecular complexity index is 1450. The molecule has 0 fully saturated rings. The lowest BCUT2D eigenvalue weighted by Crippen LogP contribution is -2.37. The Morgan fingerprint density at radius 3 is 2.58 bits per heavy atom. The fraction of sp³-hybridized carbons (Fsp3) is 0.174. The van der Waals surface area contributed by atoms with Crippen LogP contribution in [0.4, 0.5) is 13.2 Å². The third-order valence-electron chi connectivity index (χ3n) is 5.75. The summed E-state index contributed by atoms with van der Waals surface area (Å²) in [6.07, 6.45) is 2.89. The standard InChI is InChI=1S/C23H17F3N4O3/c1-29(23(32)12-8-27-30(9-12)14-4-2-13(24)3-5-14)20-11-33-10-19-21(20)15-6-17(25)18(26)7-16(15)22(31)28-19/h2-9,20H,10-11H2,1H3,(H,28,31). The maximum Gasteiger partial charge on any atom is 0.257 e. The van der Waals surface area contributed by atoms with Crippen molar-refractivity contribution in [1.82, 2.24) is 19.7 Å². The number of hydrogen-bond acceptors (Lipinski definition) is 4. The second kappa shape index (κ2) is 7.89. The Morgan fingerprint density at radius 2 is 1.85 bits per heavy atom. The van der Waals surface area contributed by atoms with Crippen LogP contribution in [0, 0.1) is 17.5 Å². The zero-order valence-corrected chi connectivity index (χ0v) is 17.3. The highest BCUT2D eigenvalue weighted by Gasteiger charge is 2.32. The Kier molecular flexibility index (Phi) is 5.01. The summed E-state index contributed by atoms with van der Waals surface area (Å²) in [5.74, 6) is -3.00. The van der Waals surface area contributed by atoms with Crippen molar-refractivity contribution in [3.63, 3.8) is 0 Å². The minimum atomic E-state index is -1.13. The topological polar surface area (TPSA) is 80.2 Å². The highest BCUT2D eigenvalue weighted by atomic mass is 19.2. The fourth-order valence-corrected chi connectivity index (χ4v) is 4.06. The Hall–Kier alpha value is -3.92. The lowest BCUT2D eigenvalue weighted by atomic mass is 9.95. The number of aromatic amines is 1. The van der Waals surface area contributed by atoms with E-state index in [0.717, 1.165) is 12.1 Å². The fourth-order valence-electron chi connectivity index (χ4n) is 4.06. The van der Waals surface area contributed by atoms with E-state index >= 15 is 0 Å². The van der Waals surface area contributed by atoms with Crippen LogP contribution in [0.15, 0.2) is 53.6 Å². The van der Waals surface area contributed by atoms with Gasteiger partial charge in [0, 0.05) is 24.5 Å². The number of pyridine rings is 1. The summed E-state index contributed by atoms with van der Waals surface area (Å²) in [4.78, 5) is 29.7. The molecule has 0 radical (unpaired) electrons. The highest BCUT2D eigenvalue weighted by Crippen LogP contribution is 2.34. The molecule has 1 unspecified atom stereocenters. The number of nitrogens with one attached hydrogen (secondary N) is 1. The van der Waals surface area contributed by atoms with Gasteiger partial charge in [0.1, 0.15) is 5.82 Å². The highest BCUT2D eigenvalue weighted by molar-refractivity contribution is 5.95. The van der Waals surface area contributed by atoms with Gasteiger partial charge in [-0.3, -0.25) is 9.59 Å². The van der Waals surface area contributed by atoms with Crippen LogP contribution in [0.5, 0.6) is 0 Å². The van der Waals surface area contributed by atoms with E-state index in [2.05, 4.69) is 10.1 Å². The molecule has 0 spiro atoms. The third-order valence-corrected chi connectivity index (χ3v) is 5.75. The van der Waals surface area contributed by atoms with Crippen molar-refractivity contribution in [3.8, 4) is 5.69 Å². The molecule has 1 atom stereocenters. The molecule has 2 aromatic carbocycles. The molecule has 10 heteroatoms. The molecular weight excluding hydrogens is 437 g/mol.